The third-order valence-corrected chi connectivity index (χ3v) is 7.62. The van der Waals surface area contributed by atoms with Crippen LogP contribution in [0.4, 0.5) is 11.4 Å². The number of nitrogens with zero attached hydrogens (tertiary/aromatic N) is 3. The van der Waals surface area contributed by atoms with Crippen molar-refractivity contribution in [2.24, 2.45) is 0 Å². The summed E-state index contributed by atoms with van der Waals surface area (Å²) >= 11 is 0. The van der Waals surface area contributed by atoms with Crippen molar-refractivity contribution in [2.45, 2.75) is 50.5 Å². The van der Waals surface area contributed by atoms with Gasteiger partial charge in [-0.1, -0.05) is 29.8 Å². The quantitative estimate of drug-likeness (QED) is 0.587. The molecule has 3 aromatic rings. The zero-order valence-corrected chi connectivity index (χ0v) is 19.2. The van der Waals surface area contributed by atoms with E-state index < -0.39 is 10.0 Å². The van der Waals surface area contributed by atoms with E-state index >= 15 is 0 Å². The summed E-state index contributed by atoms with van der Waals surface area (Å²) in [4.78, 5) is 18.7. The second-order valence-electron chi connectivity index (χ2n) is 8.45. The van der Waals surface area contributed by atoms with Crippen LogP contribution in [0.25, 0.3) is 0 Å². The number of ether oxygens (including phenoxy) is 1. The molecule has 2 aromatic carbocycles. The maximum Gasteiger partial charge on any atom is 0.265 e. The van der Waals surface area contributed by atoms with E-state index in [1.54, 1.807) is 25.1 Å². The SMILES string of the molecule is Cc1ccccc1NS(=O)(=O)c1cc2c(cc1C)N(Cc1noc(C3CCC3)n1)C(=O)CO2. The Morgan fingerprint density at radius 1 is 1.15 bits per heavy atom. The van der Waals surface area contributed by atoms with Crippen molar-refractivity contribution in [3.8, 4) is 5.75 Å². The summed E-state index contributed by atoms with van der Waals surface area (Å²) in [7, 11) is -3.87. The first-order valence-electron chi connectivity index (χ1n) is 10.8. The lowest BCUT2D eigenvalue weighted by Crippen LogP contribution is -2.38. The lowest BCUT2D eigenvalue weighted by Gasteiger charge is -2.29. The van der Waals surface area contributed by atoms with Crippen LogP contribution in [0.1, 0.15) is 48.0 Å². The number of rotatable bonds is 6. The highest BCUT2D eigenvalue weighted by molar-refractivity contribution is 7.92. The number of anilines is 2. The Balaban J connectivity index is 1.44. The number of hydrogen-bond acceptors (Lipinski definition) is 7. The van der Waals surface area contributed by atoms with Crippen LogP contribution in [0.2, 0.25) is 0 Å². The Kier molecular flexibility index (Phi) is 5.32. The molecule has 0 unspecified atom stereocenters. The molecule has 1 N–H and O–H groups in total. The van der Waals surface area contributed by atoms with Gasteiger partial charge >= 0.3 is 0 Å². The molecule has 0 spiro atoms. The molecule has 1 amide bonds. The molecular weight excluding hydrogens is 444 g/mol. The third kappa shape index (κ3) is 4.06. The van der Waals surface area contributed by atoms with Gasteiger partial charge in [0, 0.05) is 12.0 Å². The fourth-order valence-electron chi connectivity index (χ4n) is 3.98. The van der Waals surface area contributed by atoms with Crippen LogP contribution in [-0.4, -0.2) is 31.1 Å². The van der Waals surface area contributed by atoms with Crippen LogP contribution in [0.3, 0.4) is 0 Å². The first-order valence-corrected chi connectivity index (χ1v) is 12.3. The molecule has 2 heterocycles. The van der Waals surface area contributed by atoms with Crippen molar-refractivity contribution in [1.29, 1.82) is 0 Å². The molecule has 0 saturated heterocycles. The minimum absolute atomic E-state index is 0.0885. The standard InChI is InChI=1S/C23H24N4O5S/c1-14-6-3-4-9-17(14)26-33(29,30)20-11-19-18(10-15(20)2)27(22(28)13-31-19)12-21-24-23(32-25-21)16-7-5-8-16/h3-4,6,9-11,16,26H,5,7-8,12-13H2,1-2H3. The number of fused-ring (bicyclic) bond motifs is 1. The molecule has 1 saturated carbocycles. The predicted octanol–water partition coefficient (Wildman–Crippen LogP) is 3.68. The molecule has 5 rings (SSSR count). The molecular formula is C23H24N4O5S. The van der Waals surface area contributed by atoms with Gasteiger partial charge in [0.2, 0.25) is 5.89 Å². The van der Waals surface area contributed by atoms with Crippen LogP contribution in [-0.2, 0) is 21.4 Å². The zero-order valence-electron chi connectivity index (χ0n) is 18.4. The number of aryl methyl sites for hydroxylation is 2. The van der Waals surface area contributed by atoms with Gasteiger partial charge in [0.1, 0.15) is 5.75 Å². The smallest absolute Gasteiger partial charge is 0.265 e. The van der Waals surface area contributed by atoms with Crippen molar-refractivity contribution in [2.75, 3.05) is 16.2 Å². The van der Waals surface area contributed by atoms with Gasteiger partial charge in [-0.3, -0.25) is 14.4 Å². The van der Waals surface area contributed by atoms with E-state index in [1.807, 2.05) is 19.1 Å². The average molecular weight is 469 g/mol. The minimum atomic E-state index is -3.87. The number of carbonyl (C=O) groups is 1. The Morgan fingerprint density at radius 3 is 2.67 bits per heavy atom. The van der Waals surface area contributed by atoms with Gasteiger partial charge in [-0.25, -0.2) is 8.42 Å². The van der Waals surface area contributed by atoms with E-state index in [1.165, 1.54) is 11.0 Å². The number of para-hydroxylation sites is 1. The first-order chi connectivity index (χ1) is 15.8. The third-order valence-electron chi connectivity index (χ3n) is 6.12. The lowest BCUT2D eigenvalue weighted by atomic mass is 9.85. The Morgan fingerprint density at radius 2 is 1.94 bits per heavy atom. The number of hydrogen-bond donors (Lipinski definition) is 1. The maximum absolute atomic E-state index is 13.1. The summed E-state index contributed by atoms with van der Waals surface area (Å²) in [6, 6.07) is 10.3. The number of amides is 1. The first kappa shape index (κ1) is 21.4. The number of sulfonamides is 1. The van der Waals surface area contributed by atoms with Crippen LogP contribution in [0.5, 0.6) is 5.75 Å². The summed E-state index contributed by atoms with van der Waals surface area (Å²) in [6.45, 7) is 3.44. The highest BCUT2D eigenvalue weighted by atomic mass is 32.2. The summed E-state index contributed by atoms with van der Waals surface area (Å²) < 4.78 is 39.8. The molecule has 172 valence electrons. The van der Waals surface area contributed by atoms with E-state index in [2.05, 4.69) is 14.9 Å². The van der Waals surface area contributed by atoms with Crippen molar-refractivity contribution in [3.05, 3.63) is 59.2 Å². The van der Waals surface area contributed by atoms with E-state index in [4.69, 9.17) is 9.26 Å². The van der Waals surface area contributed by atoms with Gasteiger partial charge in [0.15, 0.2) is 12.4 Å². The van der Waals surface area contributed by atoms with Gasteiger partial charge in [0.05, 0.1) is 22.8 Å². The highest BCUT2D eigenvalue weighted by Gasteiger charge is 2.31. The molecule has 1 aliphatic carbocycles. The van der Waals surface area contributed by atoms with Crippen molar-refractivity contribution >= 4 is 27.3 Å². The van der Waals surface area contributed by atoms with Crippen LogP contribution in [0.15, 0.2) is 45.8 Å². The molecule has 1 aromatic heterocycles. The van der Waals surface area contributed by atoms with E-state index in [0.717, 1.165) is 24.8 Å². The van der Waals surface area contributed by atoms with Gasteiger partial charge in [-0.05, 0) is 49.9 Å². The fourth-order valence-corrected chi connectivity index (χ4v) is 5.35. The normalized spacial score (nSPS) is 16.2. The second-order valence-corrected chi connectivity index (χ2v) is 10.1. The summed E-state index contributed by atoms with van der Waals surface area (Å²) in [5, 5.41) is 4.03. The van der Waals surface area contributed by atoms with E-state index in [-0.39, 0.29) is 24.0 Å². The zero-order chi connectivity index (χ0) is 23.2. The Bertz CT molecular complexity index is 1330. The van der Waals surface area contributed by atoms with Gasteiger partial charge in [-0.15, -0.1) is 0 Å². The number of aromatic nitrogens is 2. The molecule has 33 heavy (non-hydrogen) atoms. The van der Waals surface area contributed by atoms with Gasteiger partial charge in [-0.2, -0.15) is 4.98 Å². The number of carbonyl (C=O) groups excluding carboxylic acids is 1. The Hall–Kier alpha value is -3.40. The number of benzene rings is 2. The second kappa shape index (κ2) is 8.18. The van der Waals surface area contributed by atoms with Crippen molar-refractivity contribution < 1.29 is 22.5 Å². The average Bonchev–Trinajstić information content (AvgIpc) is 3.18. The molecule has 9 nitrogen and oxygen atoms in total. The Labute approximate surface area is 191 Å². The van der Waals surface area contributed by atoms with Crippen molar-refractivity contribution in [3.63, 3.8) is 0 Å². The van der Waals surface area contributed by atoms with Gasteiger partial charge in [0.25, 0.3) is 15.9 Å². The lowest BCUT2D eigenvalue weighted by molar-refractivity contribution is -0.121. The van der Waals surface area contributed by atoms with Crippen molar-refractivity contribution in [1.82, 2.24) is 10.1 Å². The van der Waals surface area contributed by atoms with Crippen LogP contribution in [0, 0.1) is 13.8 Å². The van der Waals surface area contributed by atoms with E-state index in [0.29, 0.717) is 40.3 Å². The van der Waals surface area contributed by atoms with Crippen LogP contribution < -0.4 is 14.4 Å². The molecule has 0 radical (unpaired) electrons. The number of nitrogens with one attached hydrogen (secondary N) is 1. The highest BCUT2D eigenvalue weighted by Crippen LogP contribution is 2.38. The molecule has 2 aliphatic rings. The fraction of sp³-hybridized carbons (Fsp3) is 0.348. The summed E-state index contributed by atoms with van der Waals surface area (Å²) in [5.41, 5.74) is 2.28. The summed E-state index contributed by atoms with van der Waals surface area (Å²) in [6.07, 6.45) is 3.22. The monoisotopic (exact) mass is 468 g/mol. The summed E-state index contributed by atoms with van der Waals surface area (Å²) in [5.74, 6) is 1.37. The van der Waals surface area contributed by atoms with Crippen LogP contribution >= 0.6 is 0 Å². The largest absolute Gasteiger partial charge is 0.482 e. The topological polar surface area (TPSA) is 115 Å². The predicted molar refractivity (Wildman–Crippen MR) is 121 cm³/mol. The van der Waals surface area contributed by atoms with E-state index in [9.17, 15) is 13.2 Å². The van der Waals surface area contributed by atoms with Gasteiger partial charge < -0.3 is 9.26 Å². The minimum Gasteiger partial charge on any atom is -0.482 e. The molecule has 1 aliphatic heterocycles. The molecule has 0 bridgehead atoms. The molecule has 0 atom stereocenters. The maximum atomic E-state index is 13.1. The molecule has 10 heteroatoms. The molecule has 1 fully saturated rings.